The molecule has 2 nitrogen and oxygen atoms in total. The van der Waals surface area contributed by atoms with Crippen molar-refractivity contribution in [2.75, 3.05) is 4.90 Å². The summed E-state index contributed by atoms with van der Waals surface area (Å²) < 4.78 is 2.53. The van der Waals surface area contributed by atoms with Gasteiger partial charge in [0.05, 0.1) is 38.9 Å². The largest absolute Gasteiger partial charge is 0.309 e. The molecule has 1 spiro atoms. The van der Waals surface area contributed by atoms with Gasteiger partial charge in [0, 0.05) is 27.4 Å². The molecule has 14 aromatic carbocycles. The number of benzene rings is 14. The van der Waals surface area contributed by atoms with E-state index in [1.807, 2.05) is 0 Å². The maximum absolute atomic E-state index is 2.55. The Bertz CT molecular complexity index is 5160. The van der Waals surface area contributed by atoms with E-state index in [-0.39, 0.29) is 0 Å². The van der Waals surface area contributed by atoms with Crippen molar-refractivity contribution in [3.05, 3.63) is 360 Å². The Morgan fingerprint density at radius 3 is 1.60 bits per heavy atom. The van der Waals surface area contributed by atoms with E-state index in [1.54, 1.807) is 0 Å². The summed E-state index contributed by atoms with van der Waals surface area (Å²) in [6, 6.07) is 119. The second-order valence-corrected chi connectivity index (χ2v) is 22.9. The highest BCUT2D eigenvalue weighted by Crippen LogP contribution is 2.63. The molecule has 0 saturated heterocycles. The van der Waals surface area contributed by atoms with Crippen molar-refractivity contribution in [1.82, 2.24) is 4.57 Å². The molecule has 0 radical (unpaired) electrons. The van der Waals surface area contributed by atoms with Gasteiger partial charge < -0.3 is 9.47 Å². The standard InChI is InChI=1S/C82H52N2/c1-3-24-56(25-4-1)81(57-26-5-2-6-27-57)70-37-15-12-33-68(70)79-72(81)39-21-43-78(79)83(58-47-44-54(45-48-58)60-34-19-23-53-22-7-8-28-59(53)60)76-51-50-61(62-29-9-10-31-65(62)76)55-46-49-64-63-30-11-14-36-69(63)82(74(64)52-55)71-38-16-18-42-77(71)84-75-41-17-13-32-66(75)67-35-20-40-73(82)80(67)84/h1-52H. The lowest BCUT2D eigenvalue weighted by molar-refractivity contribution is 0.749. The molecule has 0 bridgehead atoms. The molecule has 15 aromatic rings. The van der Waals surface area contributed by atoms with Crippen molar-refractivity contribution < 1.29 is 0 Å². The molecule has 0 N–H and O–H groups in total. The maximum Gasteiger partial charge on any atom is 0.0754 e. The number of hydrogen-bond donors (Lipinski definition) is 0. The molecule has 1 atom stereocenters. The van der Waals surface area contributed by atoms with Crippen LogP contribution in [-0.4, -0.2) is 4.57 Å². The predicted octanol–water partition coefficient (Wildman–Crippen LogP) is 20.9. The fraction of sp³-hybridized carbons (Fsp3) is 0.0244. The number of aromatic nitrogens is 1. The van der Waals surface area contributed by atoms with Crippen molar-refractivity contribution in [1.29, 1.82) is 0 Å². The molecule has 390 valence electrons. The average Bonchev–Trinajstić information content (AvgIpc) is 2.25. The van der Waals surface area contributed by atoms with Crippen LogP contribution in [0.1, 0.15) is 44.5 Å². The SMILES string of the molecule is c1ccc(C2(c3ccccc3)c3ccccc3-c3c(N(c4ccc(-c5cccc6ccccc56)cc4)c4ccc(-c5ccc6c(c5)C5(c7ccccc7-6)c6ccccc6-n6c7ccccc7c7cccc5c76)c5ccccc45)cccc32)cc1. The van der Waals surface area contributed by atoms with E-state index in [0.29, 0.717) is 0 Å². The molecule has 3 aliphatic rings. The number of para-hydroxylation sites is 3. The molecule has 0 saturated carbocycles. The van der Waals surface area contributed by atoms with Gasteiger partial charge in [-0.2, -0.15) is 0 Å². The van der Waals surface area contributed by atoms with Crippen molar-refractivity contribution in [2.24, 2.45) is 0 Å². The highest BCUT2D eigenvalue weighted by Gasteiger charge is 2.51. The quantitative estimate of drug-likeness (QED) is 0.154. The minimum atomic E-state index is -0.564. The van der Waals surface area contributed by atoms with Crippen LogP contribution in [0.25, 0.3) is 93.5 Å². The topological polar surface area (TPSA) is 8.17 Å². The van der Waals surface area contributed by atoms with Crippen molar-refractivity contribution in [3.63, 3.8) is 0 Å². The third kappa shape index (κ3) is 6.24. The van der Waals surface area contributed by atoms with Gasteiger partial charge in [-0.25, -0.2) is 0 Å². The highest BCUT2D eigenvalue weighted by molar-refractivity contribution is 6.14. The molecular weight excluding hydrogens is 1010 g/mol. The van der Waals surface area contributed by atoms with E-state index in [1.165, 1.54) is 138 Å². The summed E-state index contributed by atoms with van der Waals surface area (Å²) in [4.78, 5) is 2.55. The van der Waals surface area contributed by atoms with Crippen molar-refractivity contribution in [3.8, 4) is 50.2 Å². The Morgan fingerprint density at radius 2 is 0.798 bits per heavy atom. The molecule has 1 aliphatic heterocycles. The third-order valence-corrected chi connectivity index (χ3v) is 19.1. The van der Waals surface area contributed by atoms with E-state index in [0.717, 1.165) is 17.1 Å². The van der Waals surface area contributed by atoms with Gasteiger partial charge in [-0.3, -0.25) is 0 Å². The monoisotopic (exact) mass is 1060 g/mol. The molecule has 0 amide bonds. The fourth-order valence-electron chi connectivity index (χ4n) is 15.8. The van der Waals surface area contributed by atoms with Gasteiger partial charge in [0.25, 0.3) is 0 Å². The zero-order valence-electron chi connectivity index (χ0n) is 45.9. The van der Waals surface area contributed by atoms with Gasteiger partial charge in [0.2, 0.25) is 0 Å². The Kier molecular flexibility index (Phi) is 9.97. The summed E-state index contributed by atoms with van der Waals surface area (Å²) in [6.07, 6.45) is 0. The average molecular weight is 1070 g/mol. The second kappa shape index (κ2) is 17.8. The molecule has 2 heterocycles. The second-order valence-electron chi connectivity index (χ2n) is 22.9. The molecule has 84 heavy (non-hydrogen) atoms. The van der Waals surface area contributed by atoms with Crippen LogP contribution in [0.3, 0.4) is 0 Å². The van der Waals surface area contributed by atoms with Gasteiger partial charge in [-0.15, -0.1) is 0 Å². The molecule has 2 heteroatoms. The van der Waals surface area contributed by atoms with Crippen LogP contribution in [0.4, 0.5) is 17.1 Å². The van der Waals surface area contributed by atoms with Crippen LogP contribution < -0.4 is 4.90 Å². The first-order valence-corrected chi connectivity index (χ1v) is 29.3. The van der Waals surface area contributed by atoms with Crippen molar-refractivity contribution in [2.45, 2.75) is 10.8 Å². The zero-order chi connectivity index (χ0) is 55.1. The van der Waals surface area contributed by atoms with Crippen LogP contribution in [0.5, 0.6) is 0 Å². The van der Waals surface area contributed by atoms with E-state index in [2.05, 4.69) is 325 Å². The van der Waals surface area contributed by atoms with E-state index in [4.69, 9.17) is 0 Å². The first-order chi connectivity index (χ1) is 41.7. The lowest BCUT2D eigenvalue weighted by Gasteiger charge is -2.39. The summed E-state index contributed by atoms with van der Waals surface area (Å²) in [5.41, 5.74) is 26.1. The summed E-state index contributed by atoms with van der Waals surface area (Å²) in [5, 5.41) is 7.41. The Hall–Kier alpha value is -10.8. The summed E-state index contributed by atoms with van der Waals surface area (Å²) in [5.74, 6) is 0. The first-order valence-electron chi connectivity index (χ1n) is 29.3. The van der Waals surface area contributed by atoms with Gasteiger partial charge >= 0.3 is 0 Å². The summed E-state index contributed by atoms with van der Waals surface area (Å²) in [6.45, 7) is 0. The lowest BCUT2D eigenvalue weighted by Crippen LogP contribution is -2.33. The minimum absolute atomic E-state index is 0.564. The minimum Gasteiger partial charge on any atom is -0.309 e. The predicted molar refractivity (Wildman–Crippen MR) is 350 cm³/mol. The van der Waals surface area contributed by atoms with Crippen LogP contribution in [0.15, 0.2) is 315 Å². The van der Waals surface area contributed by atoms with Gasteiger partial charge in [0.1, 0.15) is 0 Å². The van der Waals surface area contributed by atoms with E-state index >= 15 is 0 Å². The third-order valence-electron chi connectivity index (χ3n) is 19.1. The Morgan fingerprint density at radius 1 is 0.274 bits per heavy atom. The van der Waals surface area contributed by atoms with Crippen molar-refractivity contribution >= 4 is 60.4 Å². The Labute approximate surface area is 488 Å². The summed E-state index contributed by atoms with van der Waals surface area (Å²) >= 11 is 0. The van der Waals surface area contributed by atoms with Crippen LogP contribution in [-0.2, 0) is 10.8 Å². The number of fused-ring (bicyclic) bond motifs is 17. The van der Waals surface area contributed by atoms with Crippen LogP contribution in [0, 0.1) is 0 Å². The number of nitrogens with zero attached hydrogens (tertiary/aromatic N) is 2. The van der Waals surface area contributed by atoms with Crippen LogP contribution >= 0.6 is 0 Å². The molecule has 1 unspecified atom stereocenters. The summed E-state index contributed by atoms with van der Waals surface area (Å²) in [7, 11) is 0. The van der Waals surface area contributed by atoms with E-state index < -0.39 is 10.8 Å². The number of hydrogen-bond acceptors (Lipinski definition) is 1. The van der Waals surface area contributed by atoms with Gasteiger partial charge in [-0.1, -0.05) is 273 Å². The molecule has 0 fully saturated rings. The lowest BCUT2D eigenvalue weighted by atomic mass is 9.65. The van der Waals surface area contributed by atoms with Gasteiger partial charge in [-0.05, 0) is 142 Å². The molecule has 2 aliphatic carbocycles. The Balaban J connectivity index is 0.874. The highest BCUT2D eigenvalue weighted by atomic mass is 15.1. The normalized spacial score (nSPS) is 14.8. The number of anilines is 3. The van der Waals surface area contributed by atoms with Gasteiger partial charge in [0.15, 0.2) is 0 Å². The zero-order valence-corrected chi connectivity index (χ0v) is 45.9. The first kappa shape index (κ1) is 46.9. The van der Waals surface area contributed by atoms with Crippen LogP contribution in [0.2, 0.25) is 0 Å². The number of rotatable bonds is 7. The van der Waals surface area contributed by atoms with E-state index in [9.17, 15) is 0 Å². The maximum atomic E-state index is 2.55. The fourth-order valence-corrected chi connectivity index (χ4v) is 15.8. The smallest absolute Gasteiger partial charge is 0.0754 e. The molecular formula is C82H52N2. The molecule has 1 aromatic heterocycles. The molecule has 18 rings (SSSR count).